The molecular weight excluding hydrogens is 286 g/mol. The maximum atomic E-state index is 12.1. The Kier molecular flexibility index (Phi) is 3.82. The van der Waals surface area contributed by atoms with Crippen LogP contribution in [0.4, 0.5) is 5.69 Å². The minimum absolute atomic E-state index is 0.0651. The van der Waals surface area contributed by atoms with Crippen LogP contribution in [0, 0.1) is 11.3 Å². The number of morpholine rings is 1. The van der Waals surface area contributed by atoms with E-state index in [0.717, 1.165) is 4.47 Å². The quantitative estimate of drug-likeness (QED) is 0.816. The molecule has 1 aliphatic heterocycles. The molecular formula is C11H12BrN3O2. The van der Waals surface area contributed by atoms with Crippen LogP contribution in [0.3, 0.4) is 0 Å². The molecule has 0 atom stereocenters. The molecule has 0 radical (unpaired) electrons. The van der Waals surface area contributed by atoms with Gasteiger partial charge in [0.1, 0.15) is 12.2 Å². The summed E-state index contributed by atoms with van der Waals surface area (Å²) < 4.78 is 7.47. The molecule has 1 aromatic heterocycles. The summed E-state index contributed by atoms with van der Waals surface area (Å²) in [4.78, 5) is 14.1. The Balaban J connectivity index is 2.39. The Hall–Kier alpha value is -1.32. The van der Waals surface area contributed by atoms with Crippen LogP contribution in [0.1, 0.15) is 0 Å². The van der Waals surface area contributed by atoms with Crippen molar-refractivity contribution in [3.05, 3.63) is 27.1 Å². The second-order valence-electron chi connectivity index (χ2n) is 3.73. The first kappa shape index (κ1) is 12.1. The fraction of sp³-hybridized carbons (Fsp3) is 0.455. The van der Waals surface area contributed by atoms with Crippen LogP contribution in [0.2, 0.25) is 0 Å². The molecule has 5 nitrogen and oxygen atoms in total. The van der Waals surface area contributed by atoms with Crippen molar-refractivity contribution in [1.29, 1.82) is 5.26 Å². The predicted octanol–water partition coefficient (Wildman–Crippen LogP) is 0.971. The summed E-state index contributed by atoms with van der Waals surface area (Å²) in [5, 5.41) is 8.68. The van der Waals surface area contributed by atoms with Gasteiger partial charge < -0.3 is 9.64 Å². The standard InChI is InChI=1S/C11H12BrN3O2/c12-9-7-10(14-3-5-17-6-4-14)11(16)15(8-9)2-1-13/h7-8H,2-6H2. The van der Waals surface area contributed by atoms with Crippen LogP contribution < -0.4 is 10.5 Å². The first-order chi connectivity index (χ1) is 8.22. The van der Waals surface area contributed by atoms with Crippen LogP contribution in [0.5, 0.6) is 0 Å². The fourth-order valence-corrected chi connectivity index (χ4v) is 2.27. The highest BCUT2D eigenvalue weighted by Crippen LogP contribution is 2.16. The monoisotopic (exact) mass is 297 g/mol. The van der Waals surface area contributed by atoms with Gasteiger partial charge in [0.05, 0.1) is 19.3 Å². The minimum atomic E-state index is -0.128. The average molecular weight is 298 g/mol. The third-order valence-electron chi connectivity index (χ3n) is 2.63. The predicted molar refractivity (Wildman–Crippen MR) is 67.0 cm³/mol. The highest BCUT2D eigenvalue weighted by atomic mass is 79.9. The van der Waals surface area contributed by atoms with Gasteiger partial charge in [0, 0.05) is 23.8 Å². The lowest BCUT2D eigenvalue weighted by Gasteiger charge is -2.28. The minimum Gasteiger partial charge on any atom is -0.378 e. The number of aromatic nitrogens is 1. The number of ether oxygens (including phenoxy) is 1. The van der Waals surface area contributed by atoms with E-state index in [2.05, 4.69) is 15.9 Å². The Labute approximate surface area is 107 Å². The van der Waals surface area contributed by atoms with Gasteiger partial charge in [-0.2, -0.15) is 5.26 Å². The zero-order valence-corrected chi connectivity index (χ0v) is 10.8. The van der Waals surface area contributed by atoms with Crippen molar-refractivity contribution in [3.8, 4) is 6.07 Å². The van der Waals surface area contributed by atoms with E-state index in [0.29, 0.717) is 32.0 Å². The normalized spacial score (nSPS) is 15.6. The van der Waals surface area contributed by atoms with Crippen molar-refractivity contribution < 1.29 is 4.74 Å². The Morgan fingerprint density at radius 1 is 1.47 bits per heavy atom. The third-order valence-corrected chi connectivity index (χ3v) is 3.06. The molecule has 0 aliphatic carbocycles. The van der Waals surface area contributed by atoms with E-state index in [4.69, 9.17) is 10.00 Å². The molecule has 1 aliphatic rings. The number of anilines is 1. The summed E-state index contributed by atoms with van der Waals surface area (Å²) in [6.07, 6.45) is 1.63. The summed E-state index contributed by atoms with van der Waals surface area (Å²) >= 11 is 3.36. The molecule has 17 heavy (non-hydrogen) atoms. The molecule has 1 saturated heterocycles. The molecule has 0 unspecified atom stereocenters. The summed E-state index contributed by atoms with van der Waals surface area (Å²) in [6.45, 7) is 2.74. The third kappa shape index (κ3) is 2.68. The van der Waals surface area contributed by atoms with Gasteiger partial charge in [-0.1, -0.05) is 0 Å². The number of nitrogens with zero attached hydrogens (tertiary/aromatic N) is 3. The second-order valence-corrected chi connectivity index (χ2v) is 4.65. The zero-order chi connectivity index (χ0) is 12.3. The number of nitriles is 1. The van der Waals surface area contributed by atoms with E-state index < -0.39 is 0 Å². The van der Waals surface area contributed by atoms with Crippen molar-refractivity contribution in [2.45, 2.75) is 6.54 Å². The molecule has 0 aromatic carbocycles. The van der Waals surface area contributed by atoms with Gasteiger partial charge in [0.2, 0.25) is 0 Å². The van der Waals surface area contributed by atoms with E-state index in [1.165, 1.54) is 4.57 Å². The van der Waals surface area contributed by atoms with E-state index in [-0.39, 0.29) is 12.1 Å². The van der Waals surface area contributed by atoms with E-state index in [1.54, 1.807) is 12.3 Å². The maximum Gasteiger partial charge on any atom is 0.275 e. The Bertz CT molecular complexity index is 500. The van der Waals surface area contributed by atoms with E-state index in [9.17, 15) is 4.79 Å². The van der Waals surface area contributed by atoms with Crippen LogP contribution in [0.25, 0.3) is 0 Å². The van der Waals surface area contributed by atoms with Gasteiger partial charge >= 0.3 is 0 Å². The Morgan fingerprint density at radius 2 is 2.18 bits per heavy atom. The summed E-state index contributed by atoms with van der Waals surface area (Å²) in [6, 6.07) is 3.77. The summed E-state index contributed by atoms with van der Waals surface area (Å²) in [5.74, 6) is 0. The SMILES string of the molecule is N#CCn1cc(Br)cc(N2CCOCC2)c1=O. The van der Waals surface area contributed by atoms with Gasteiger partial charge in [-0.3, -0.25) is 9.36 Å². The molecule has 90 valence electrons. The number of hydrogen-bond acceptors (Lipinski definition) is 4. The molecule has 0 N–H and O–H groups in total. The molecule has 2 heterocycles. The highest BCUT2D eigenvalue weighted by Gasteiger charge is 2.16. The lowest BCUT2D eigenvalue weighted by atomic mass is 10.3. The fourth-order valence-electron chi connectivity index (χ4n) is 1.81. The van der Waals surface area contributed by atoms with Crippen molar-refractivity contribution in [3.63, 3.8) is 0 Å². The Morgan fingerprint density at radius 3 is 2.82 bits per heavy atom. The molecule has 6 heteroatoms. The first-order valence-electron chi connectivity index (χ1n) is 5.32. The summed E-state index contributed by atoms with van der Waals surface area (Å²) in [7, 11) is 0. The number of rotatable bonds is 2. The van der Waals surface area contributed by atoms with Crippen molar-refractivity contribution in [1.82, 2.24) is 4.57 Å². The molecule has 1 aromatic rings. The zero-order valence-electron chi connectivity index (χ0n) is 9.23. The van der Waals surface area contributed by atoms with Crippen molar-refractivity contribution in [2.75, 3.05) is 31.2 Å². The van der Waals surface area contributed by atoms with Crippen LogP contribution >= 0.6 is 15.9 Å². The number of hydrogen-bond donors (Lipinski definition) is 0. The molecule has 0 amide bonds. The van der Waals surface area contributed by atoms with Gasteiger partial charge in [0.25, 0.3) is 5.56 Å². The molecule has 0 saturated carbocycles. The van der Waals surface area contributed by atoms with Gasteiger partial charge in [-0.15, -0.1) is 0 Å². The first-order valence-corrected chi connectivity index (χ1v) is 6.11. The van der Waals surface area contributed by atoms with Crippen LogP contribution in [-0.4, -0.2) is 30.9 Å². The topological polar surface area (TPSA) is 58.3 Å². The van der Waals surface area contributed by atoms with Gasteiger partial charge in [-0.05, 0) is 22.0 Å². The second kappa shape index (κ2) is 5.34. The maximum absolute atomic E-state index is 12.1. The molecule has 0 bridgehead atoms. The van der Waals surface area contributed by atoms with Gasteiger partial charge in [0.15, 0.2) is 0 Å². The molecule has 1 fully saturated rings. The lowest BCUT2D eigenvalue weighted by molar-refractivity contribution is 0.122. The highest BCUT2D eigenvalue weighted by molar-refractivity contribution is 9.10. The van der Waals surface area contributed by atoms with E-state index >= 15 is 0 Å². The van der Waals surface area contributed by atoms with Crippen molar-refractivity contribution >= 4 is 21.6 Å². The molecule has 2 rings (SSSR count). The largest absolute Gasteiger partial charge is 0.378 e. The van der Waals surface area contributed by atoms with Gasteiger partial charge in [-0.25, -0.2) is 0 Å². The van der Waals surface area contributed by atoms with Crippen LogP contribution in [-0.2, 0) is 11.3 Å². The lowest BCUT2D eigenvalue weighted by Crippen LogP contribution is -2.40. The van der Waals surface area contributed by atoms with Crippen molar-refractivity contribution in [2.24, 2.45) is 0 Å². The molecule has 0 spiro atoms. The average Bonchev–Trinajstić information content (AvgIpc) is 2.35. The van der Waals surface area contributed by atoms with E-state index in [1.807, 2.05) is 11.0 Å². The smallest absolute Gasteiger partial charge is 0.275 e. The number of pyridine rings is 1. The summed E-state index contributed by atoms with van der Waals surface area (Å²) in [5.41, 5.74) is 0.495. The van der Waals surface area contributed by atoms with Crippen LogP contribution in [0.15, 0.2) is 21.5 Å². The number of halogens is 1.